The molecule has 0 aliphatic rings. The number of ketones is 1. The number of aliphatic hydroxyl groups is 2. The Morgan fingerprint density at radius 1 is 0.529 bits per heavy atom. The van der Waals surface area contributed by atoms with Crippen LogP contribution < -0.4 is 0 Å². The van der Waals surface area contributed by atoms with E-state index in [-0.39, 0.29) is 0 Å². The van der Waals surface area contributed by atoms with Crippen molar-refractivity contribution in [3.8, 4) is 0 Å². The zero-order valence-corrected chi connectivity index (χ0v) is 16.8. The first-order valence-electron chi connectivity index (χ1n) is 8.87. The van der Waals surface area contributed by atoms with Crippen LogP contribution in [0.2, 0.25) is 0 Å². The van der Waals surface area contributed by atoms with Crippen molar-refractivity contribution in [3.05, 3.63) is 0 Å². The first-order valence-corrected chi connectivity index (χ1v) is 8.87. The molecule has 0 bridgehead atoms. The zero-order chi connectivity index (χ0) is 26.7. The van der Waals surface area contributed by atoms with Gasteiger partial charge in [-0.25, -0.2) is 14.4 Å². The largest absolute Gasteiger partial charge is 0.481 e. The van der Waals surface area contributed by atoms with Crippen molar-refractivity contribution in [2.24, 2.45) is 11.8 Å². The van der Waals surface area contributed by atoms with Gasteiger partial charge in [0.2, 0.25) is 5.78 Å². The van der Waals surface area contributed by atoms with Crippen LogP contribution in [0.4, 0.5) is 0 Å². The van der Waals surface area contributed by atoms with Crippen LogP contribution in [0.5, 0.6) is 0 Å². The van der Waals surface area contributed by atoms with Crippen LogP contribution >= 0.6 is 0 Å². The van der Waals surface area contributed by atoms with Gasteiger partial charge in [-0.1, -0.05) is 0 Å². The van der Waals surface area contributed by atoms with E-state index in [0.29, 0.717) is 0 Å². The van der Waals surface area contributed by atoms with Gasteiger partial charge < -0.3 is 40.1 Å². The Labute approximate surface area is 187 Å². The molecule has 6 N–H and O–H groups in total. The number of carboxylic acids is 4. The molecular weight excluding hydrogens is 476 g/mol. The van der Waals surface area contributed by atoms with Crippen LogP contribution in [0, 0.1) is 11.8 Å². The molecule has 0 aliphatic heterocycles. The van der Waals surface area contributed by atoms with Gasteiger partial charge in [0, 0.05) is 6.42 Å². The van der Waals surface area contributed by atoms with E-state index in [9.17, 15) is 53.4 Å². The second-order valence-electron chi connectivity index (χ2n) is 6.39. The third-order valence-corrected chi connectivity index (χ3v) is 3.89. The Bertz CT molecular complexity index is 886. The highest BCUT2D eigenvalue weighted by atomic mass is 16.6. The number of carboxylic acid groups (broad SMARTS) is 4. The number of rotatable bonds is 14. The highest BCUT2D eigenvalue weighted by molar-refractivity contribution is 6.35. The molecule has 0 heterocycles. The van der Waals surface area contributed by atoms with Gasteiger partial charge in [0.1, 0.15) is 11.8 Å². The number of hydrogen-bond acceptors (Lipinski definition) is 13. The van der Waals surface area contributed by atoms with Crippen LogP contribution in [-0.2, 0) is 52.6 Å². The molecule has 17 nitrogen and oxygen atoms in total. The van der Waals surface area contributed by atoms with Gasteiger partial charge in [0.25, 0.3) is 0 Å². The van der Waals surface area contributed by atoms with E-state index in [1.54, 1.807) is 0 Å². The van der Waals surface area contributed by atoms with Gasteiger partial charge in [0.15, 0.2) is 12.2 Å². The van der Waals surface area contributed by atoms with Gasteiger partial charge in [0.05, 0.1) is 19.3 Å². The van der Waals surface area contributed by atoms with Crippen LogP contribution in [-0.4, -0.2) is 96.4 Å². The minimum atomic E-state index is -2.53. The van der Waals surface area contributed by atoms with E-state index in [1.807, 2.05) is 0 Å². The van der Waals surface area contributed by atoms with Gasteiger partial charge in [-0.2, -0.15) is 0 Å². The standard InChI is InChI=1S/C17H18O17/c18-7(17(32)34-10(21)4-6(14(26)27)12(23)16(30)31)1-2-8(19)33-9(20)3-5(13(24)25)11(22)15(28)29/h5-6,11-12,22-23H,1-4H2,(H,24,25)(H,26,27)(H,28,29)(H,30,31). The summed E-state index contributed by atoms with van der Waals surface area (Å²) in [4.78, 5) is 101. The molecule has 188 valence electrons. The monoisotopic (exact) mass is 494 g/mol. The fourth-order valence-corrected chi connectivity index (χ4v) is 2.11. The molecule has 0 aromatic heterocycles. The normalized spacial score (nSPS) is 13.9. The molecule has 0 aliphatic carbocycles. The average Bonchev–Trinajstić information content (AvgIpc) is 2.72. The topological polar surface area (TPSA) is 293 Å². The smallest absolute Gasteiger partial charge is 0.382 e. The summed E-state index contributed by atoms with van der Waals surface area (Å²) >= 11 is 0. The summed E-state index contributed by atoms with van der Waals surface area (Å²) in [5, 5.41) is 53.2. The second kappa shape index (κ2) is 13.3. The molecule has 0 rings (SSSR count). The van der Waals surface area contributed by atoms with Gasteiger partial charge >= 0.3 is 47.8 Å². The number of carbonyl (C=O) groups is 9. The van der Waals surface area contributed by atoms with Gasteiger partial charge in [-0.05, 0) is 0 Å². The minimum Gasteiger partial charge on any atom is -0.481 e. The summed E-state index contributed by atoms with van der Waals surface area (Å²) in [5.41, 5.74) is 0. The number of aliphatic hydroxyl groups excluding tert-OH is 2. The lowest BCUT2D eigenvalue weighted by Crippen LogP contribution is -2.37. The first kappa shape index (κ1) is 29.8. The summed E-state index contributed by atoms with van der Waals surface area (Å²) in [7, 11) is 0. The molecule has 0 spiro atoms. The summed E-state index contributed by atoms with van der Waals surface area (Å²) in [6.45, 7) is 0. The molecule has 0 aromatic rings. The molecule has 0 fully saturated rings. The maximum Gasteiger partial charge on any atom is 0.382 e. The zero-order valence-electron chi connectivity index (χ0n) is 16.8. The summed E-state index contributed by atoms with van der Waals surface area (Å²) < 4.78 is 8.14. The highest BCUT2D eigenvalue weighted by Gasteiger charge is 2.36. The fraction of sp³-hybridized carbons (Fsp3) is 0.471. The van der Waals surface area contributed by atoms with Crippen LogP contribution in [0.15, 0.2) is 0 Å². The Morgan fingerprint density at radius 3 is 1.26 bits per heavy atom. The Hall–Kier alpha value is -4.25. The number of hydrogen-bond donors (Lipinski definition) is 6. The second-order valence-corrected chi connectivity index (χ2v) is 6.39. The lowest BCUT2D eigenvalue weighted by Gasteiger charge is -2.14. The molecular formula is C17H18O17. The number of aliphatic carboxylic acids is 4. The van der Waals surface area contributed by atoms with Crippen molar-refractivity contribution in [1.29, 1.82) is 0 Å². The average molecular weight is 494 g/mol. The minimum absolute atomic E-state index is 0.970. The molecule has 0 radical (unpaired) electrons. The van der Waals surface area contributed by atoms with E-state index in [4.69, 9.17) is 20.4 Å². The van der Waals surface area contributed by atoms with E-state index in [1.165, 1.54) is 0 Å². The maximum absolute atomic E-state index is 11.6. The van der Waals surface area contributed by atoms with E-state index in [0.717, 1.165) is 0 Å². The summed E-state index contributed by atoms with van der Waals surface area (Å²) in [6.07, 6.45) is -9.52. The molecule has 4 atom stereocenters. The number of Topliss-reactive ketones (excluding diaryl/α,β-unsaturated/α-hetero) is 1. The first-order chi connectivity index (χ1) is 15.6. The Balaban J connectivity index is 4.73. The molecule has 17 heteroatoms. The summed E-state index contributed by atoms with van der Waals surface area (Å²) in [6, 6.07) is 0. The predicted molar refractivity (Wildman–Crippen MR) is 95.2 cm³/mol. The SMILES string of the molecule is O=C(CCC(=O)C(=O)OC(=O)CC(C(=O)O)C(O)C(=O)O)OC(=O)CC(C(=O)O)C(O)C(=O)O. The Morgan fingerprint density at radius 2 is 0.912 bits per heavy atom. The molecule has 4 unspecified atom stereocenters. The van der Waals surface area contributed by atoms with Gasteiger partial charge in [-0.3, -0.25) is 28.8 Å². The van der Waals surface area contributed by atoms with Gasteiger partial charge in [-0.15, -0.1) is 0 Å². The summed E-state index contributed by atoms with van der Waals surface area (Å²) in [5.74, 6) is -20.2. The highest BCUT2D eigenvalue weighted by Crippen LogP contribution is 2.13. The third kappa shape index (κ3) is 9.92. The van der Waals surface area contributed by atoms with E-state index in [2.05, 4.69) is 9.47 Å². The van der Waals surface area contributed by atoms with Crippen LogP contribution in [0.1, 0.15) is 25.7 Å². The molecule has 0 amide bonds. The van der Waals surface area contributed by atoms with Crippen molar-refractivity contribution in [2.75, 3.05) is 0 Å². The van der Waals surface area contributed by atoms with E-state index >= 15 is 0 Å². The quantitative estimate of drug-likeness (QED) is 0.0776. The van der Waals surface area contributed by atoms with Crippen molar-refractivity contribution >= 4 is 53.5 Å². The van der Waals surface area contributed by atoms with Crippen LogP contribution in [0.25, 0.3) is 0 Å². The lowest BCUT2D eigenvalue weighted by molar-refractivity contribution is -0.169. The number of carbonyl (C=O) groups excluding carboxylic acids is 5. The number of ether oxygens (including phenoxy) is 2. The molecule has 0 aromatic carbocycles. The van der Waals surface area contributed by atoms with Crippen LogP contribution in [0.3, 0.4) is 0 Å². The van der Waals surface area contributed by atoms with Crippen molar-refractivity contribution in [3.63, 3.8) is 0 Å². The van der Waals surface area contributed by atoms with E-state index < -0.39 is 103 Å². The van der Waals surface area contributed by atoms with Crippen molar-refractivity contribution in [1.82, 2.24) is 0 Å². The predicted octanol–water partition coefficient (Wildman–Crippen LogP) is -3.45. The Kier molecular flexibility index (Phi) is 11.7. The van der Waals surface area contributed by atoms with Crippen molar-refractivity contribution in [2.45, 2.75) is 37.9 Å². The lowest BCUT2D eigenvalue weighted by atomic mass is 9.99. The molecule has 0 saturated carbocycles. The number of esters is 4. The fourth-order valence-electron chi connectivity index (χ4n) is 2.11. The maximum atomic E-state index is 11.6. The van der Waals surface area contributed by atoms with Crippen molar-refractivity contribution < 1.29 is 83.3 Å². The molecule has 0 saturated heterocycles. The molecule has 34 heavy (non-hydrogen) atoms. The third-order valence-electron chi connectivity index (χ3n) is 3.89.